The summed E-state index contributed by atoms with van der Waals surface area (Å²) in [7, 11) is 0. The van der Waals surface area contributed by atoms with Gasteiger partial charge in [-0.2, -0.15) is 0 Å². The van der Waals surface area contributed by atoms with E-state index in [0.29, 0.717) is 0 Å². The largest absolute Gasteiger partial charge is 0.396 e. The molecule has 0 fully saturated rings. The van der Waals surface area contributed by atoms with Gasteiger partial charge in [-0.1, -0.05) is 0 Å². The van der Waals surface area contributed by atoms with E-state index in [-0.39, 0.29) is 0 Å². The average molecular weight is 262 g/mol. The molecule has 0 saturated carbocycles. The number of hydrogen-bond acceptors (Lipinski definition) is 8. The van der Waals surface area contributed by atoms with Crippen molar-refractivity contribution < 1.29 is 41.0 Å². The predicted octanol–water partition coefficient (Wildman–Crippen LogP) is -2.75. The molecule has 17 heavy (non-hydrogen) atoms. The van der Waals surface area contributed by atoms with Crippen LogP contribution in [0.4, 0.5) is 0 Å². The predicted molar refractivity (Wildman–Crippen MR) is 48.3 cm³/mol. The van der Waals surface area contributed by atoms with Gasteiger partial charge in [0.05, 0.1) is 31.8 Å². The molecule has 104 valence electrons. The van der Waals surface area contributed by atoms with Crippen LogP contribution in [0, 0.1) is 25.6 Å². The van der Waals surface area contributed by atoms with E-state index in [4.69, 9.17) is 51.1 Å². The molecule has 0 bridgehead atoms. The summed E-state index contributed by atoms with van der Waals surface area (Å²) in [6, 6.07) is 0. The maximum Gasteiger partial charge on any atom is 0.291 e. The molecule has 0 aliphatic rings. The van der Waals surface area contributed by atoms with E-state index < -0.39 is 42.0 Å². The summed E-state index contributed by atoms with van der Waals surface area (Å²) in [5.41, 5.74) is -1.11. The molecule has 0 aliphatic heterocycles. The minimum Gasteiger partial charge on any atom is -0.396 e. The smallest absolute Gasteiger partial charge is 0.291 e. The second-order valence-corrected chi connectivity index (χ2v) is 2.61. The minimum absolute atomic E-state index is 0.406. The van der Waals surface area contributed by atoms with E-state index in [1.807, 2.05) is 0 Å². The minimum atomic E-state index is -1.50. The molecule has 6 N–H and O–H groups in total. The quantitative estimate of drug-likeness (QED) is 0.227. The van der Waals surface area contributed by atoms with Gasteiger partial charge in [-0.05, 0) is 0 Å². The summed E-state index contributed by atoms with van der Waals surface area (Å²) in [6.45, 7) is -1.62. The number of nitrogens with zero attached hydrogens (tertiary/aromatic N) is 2. The Labute approximate surface area is 94.2 Å². The van der Waals surface area contributed by atoms with Gasteiger partial charge in [0.1, 0.15) is 0 Å². The Hall–Kier alpha value is -1.76. The van der Waals surface area contributed by atoms with Gasteiger partial charge in [-0.15, -0.1) is 20.2 Å². The highest BCUT2D eigenvalue weighted by Crippen LogP contribution is 2.11. The molecular weight excluding hydrogens is 248 g/mol. The van der Waals surface area contributed by atoms with Gasteiger partial charge < -0.3 is 30.8 Å². The number of aliphatic hydroxyl groups excluding tert-OH is 4. The molecule has 12 heteroatoms. The molecule has 0 atom stereocenters. The third kappa shape index (κ3) is 20.3. The third-order valence-electron chi connectivity index (χ3n) is 1.34. The molecule has 0 aromatic rings. The average Bonchev–Trinajstić information content (AvgIpc) is 2.20. The van der Waals surface area contributed by atoms with Gasteiger partial charge in [-0.3, -0.25) is 0 Å². The first kappa shape index (κ1) is 20.6. The van der Waals surface area contributed by atoms with Crippen LogP contribution < -0.4 is 0 Å². The van der Waals surface area contributed by atoms with E-state index in [1.165, 1.54) is 0 Å². The maximum absolute atomic E-state index is 8.50. The molecule has 0 radical (unpaired) electrons. The molecular formula is C5H14N2O10. The number of aliphatic hydroxyl groups is 4. The van der Waals surface area contributed by atoms with Crippen LogP contribution in [-0.4, -0.2) is 67.4 Å². The summed E-state index contributed by atoms with van der Waals surface area (Å²) in [5, 5.41) is 61.3. The van der Waals surface area contributed by atoms with Crippen LogP contribution in [0.1, 0.15) is 0 Å². The second-order valence-electron chi connectivity index (χ2n) is 2.61. The first-order valence-electron chi connectivity index (χ1n) is 3.81. The molecule has 0 amide bonds. The van der Waals surface area contributed by atoms with Crippen LogP contribution in [0.2, 0.25) is 0 Å². The van der Waals surface area contributed by atoms with Crippen molar-refractivity contribution in [1.82, 2.24) is 0 Å². The Morgan fingerprint density at radius 1 is 0.765 bits per heavy atom. The van der Waals surface area contributed by atoms with Gasteiger partial charge in [-0.25, -0.2) is 0 Å². The van der Waals surface area contributed by atoms with E-state index in [1.54, 1.807) is 0 Å². The van der Waals surface area contributed by atoms with E-state index in [2.05, 4.69) is 0 Å². The van der Waals surface area contributed by atoms with Crippen molar-refractivity contribution in [2.24, 2.45) is 5.41 Å². The molecule has 0 heterocycles. The molecule has 0 aliphatic carbocycles. The van der Waals surface area contributed by atoms with Crippen LogP contribution in [-0.2, 0) is 0 Å². The maximum atomic E-state index is 8.50. The summed E-state index contributed by atoms with van der Waals surface area (Å²) in [6.07, 6.45) is 0. The standard InChI is InChI=1S/C5H12O4.2HNO3/c6-1-5(2-7,3-8)4-9;2*2-1(3)4/h6-9H,1-4H2;2*(H,2,3,4). The molecule has 12 nitrogen and oxygen atoms in total. The van der Waals surface area contributed by atoms with Crippen molar-refractivity contribution in [3.63, 3.8) is 0 Å². The third-order valence-corrected chi connectivity index (χ3v) is 1.34. The Morgan fingerprint density at radius 2 is 0.882 bits per heavy atom. The monoisotopic (exact) mass is 262 g/mol. The zero-order valence-corrected chi connectivity index (χ0v) is 8.54. The summed E-state index contributed by atoms with van der Waals surface area (Å²) >= 11 is 0. The van der Waals surface area contributed by atoms with E-state index in [0.717, 1.165) is 0 Å². The van der Waals surface area contributed by atoms with Gasteiger partial charge >= 0.3 is 0 Å². The van der Waals surface area contributed by atoms with E-state index >= 15 is 0 Å². The normalized spacial score (nSPS) is 9.18. The lowest BCUT2D eigenvalue weighted by Crippen LogP contribution is -2.37. The van der Waals surface area contributed by atoms with Crippen molar-refractivity contribution in [3.05, 3.63) is 20.2 Å². The highest BCUT2D eigenvalue weighted by molar-refractivity contribution is 4.74. The van der Waals surface area contributed by atoms with Gasteiger partial charge in [0.15, 0.2) is 0 Å². The zero-order chi connectivity index (χ0) is 14.5. The molecule has 0 aromatic heterocycles. The molecule has 0 rings (SSSR count). The molecule has 0 spiro atoms. The van der Waals surface area contributed by atoms with Crippen LogP contribution in [0.5, 0.6) is 0 Å². The van der Waals surface area contributed by atoms with Crippen LogP contribution in [0.25, 0.3) is 0 Å². The van der Waals surface area contributed by atoms with Crippen LogP contribution in [0.15, 0.2) is 0 Å². The van der Waals surface area contributed by atoms with Crippen LogP contribution >= 0.6 is 0 Å². The lowest BCUT2D eigenvalue weighted by atomic mass is 9.93. The Balaban J connectivity index is -0.000000205. The molecule has 0 aromatic carbocycles. The number of hydrogen-bond donors (Lipinski definition) is 6. The van der Waals surface area contributed by atoms with E-state index in [9.17, 15) is 0 Å². The first-order chi connectivity index (χ1) is 7.71. The lowest BCUT2D eigenvalue weighted by Gasteiger charge is -2.23. The summed E-state index contributed by atoms with van der Waals surface area (Å²) in [4.78, 5) is 16.7. The van der Waals surface area contributed by atoms with Crippen LogP contribution in [0.3, 0.4) is 0 Å². The van der Waals surface area contributed by atoms with Gasteiger partial charge in [0.25, 0.3) is 10.2 Å². The highest BCUT2D eigenvalue weighted by atomic mass is 16.9. The van der Waals surface area contributed by atoms with Crippen molar-refractivity contribution >= 4 is 0 Å². The van der Waals surface area contributed by atoms with Gasteiger partial charge in [0.2, 0.25) is 0 Å². The zero-order valence-electron chi connectivity index (χ0n) is 8.54. The van der Waals surface area contributed by atoms with Gasteiger partial charge in [0, 0.05) is 0 Å². The number of rotatable bonds is 4. The fraction of sp³-hybridized carbons (Fsp3) is 1.00. The molecule has 0 unspecified atom stereocenters. The summed E-state index contributed by atoms with van der Waals surface area (Å²) in [5.74, 6) is 0. The summed E-state index contributed by atoms with van der Waals surface area (Å²) < 4.78 is 0. The van der Waals surface area contributed by atoms with Crippen molar-refractivity contribution in [2.45, 2.75) is 0 Å². The fourth-order valence-electron chi connectivity index (χ4n) is 0.300. The van der Waals surface area contributed by atoms with Crippen molar-refractivity contribution in [2.75, 3.05) is 26.4 Å². The topological polar surface area (TPSA) is 208 Å². The Bertz CT molecular complexity index is 167. The SMILES string of the molecule is O=[N+]([O-])O.O=[N+]([O-])O.OCC(CO)(CO)CO. The Morgan fingerprint density at radius 3 is 0.882 bits per heavy atom. The Kier molecular flexibility index (Phi) is 14.9. The van der Waals surface area contributed by atoms with Crippen molar-refractivity contribution in [1.29, 1.82) is 0 Å². The van der Waals surface area contributed by atoms with Crippen molar-refractivity contribution in [3.8, 4) is 0 Å². The highest BCUT2D eigenvalue weighted by Gasteiger charge is 2.26. The first-order valence-corrected chi connectivity index (χ1v) is 3.81. The molecule has 0 saturated heterocycles. The second kappa shape index (κ2) is 12.3. The lowest BCUT2D eigenvalue weighted by molar-refractivity contribution is -0.742. The fourth-order valence-corrected chi connectivity index (χ4v) is 0.300.